The number of halogens is 2. The molecule has 8 heteroatoms. The highest BCUT2D eigenvalue weighted by Crippen LogP contribution is 2.31. The number of anilines is 1. The molecule has 150 valence electrons. The van der Waals surface area contributed by atoms with Crippen LogP contribution >= 0.6 is 11.3 Å². The number of aromatic nitrogens is 2. The van der Waals surface area contributed by atoms with Crippen LogP contribution in [0.5, 0.6) is 0 Å². The molecule has 0 fully saturated rings. The fraction of sp³-hybridized carbons (Fsp3) is 0.286. The van der Waals surface area contributed by atoms with E-state index in [-0.39, 0.29) is 11.5 Å². The molecule has 0 radical (unpaired) electrons. The number of nitrogens with one attached hydrogen (secondary N) is 1. The van der Waals surface area contributed by atoms with Crippen LogP contribution in [0.3, 0.4) is 0 Å². The third-order valence-corrected chi connectivity index (χ3v) is 5.93. The first-order valence-electron chi connectivity index (χ1n) is 9.25. The number of carbonyl (C=O) groups excluding carboxylic acids is 1. The van der Waals surface area contributed by atoms with Gasteiger partial charge in [-0.15, -0.1) is 11.3 Å². The number of benzene rings is 1. The van der Waals surface area contributed by atoms with E-state index in [4.69, 9.17) is 0 Å². The molecule has 4 rings (SSSR count). The van der Waals surface area contributed by atoms with Crippen molar-refractivity contribution in [3.63, 3.8) is 0 Å². The molecule has 1 aliphatic heterocycles. The lowest BCUT2D eigenvalue weighted by atomic mass is 10.0. The summed E-state index contributed by atoms with van der Waals surface area (Å²) < 4.78 is 27.1. The maximum absolute atomic E-state index is 13.5. The Labute approximate surface area is 171 Å². The van der Waals surface area contributed by atoms with Crippen LogP contribution in [0.1, 0.15) is 38.8 Å². The molecule has 0 unspecified atom stereocenters. The molecule has 1 aliphatic rings. The lowest BCUT2D eigenvalue weighted by Crippen LogP contribution is -2.30. The van der Waals surface area contributed by atoms with Gasteiger partial charge in [-0.2, -0.15) is 0 Å². The van der Waals surface area contributed by atoms with Gasteiger partial charge in [0.1, 0.15) is 6.33 Å². The second kappa shape index (κ2) is 7.96. The topological polar surface area (TPSA) is 58.1 Å². The Kier molecular flexibility index (Phi) is 5.38. The normalized spacial score (nSPS) is 14.4. The predicted molar refractivity (Wildman–Crippen MR) is 108 cm³/mol. The molecule has 2 aromatic heterocycles. The van der Waals surface area contributed by atoms with Gasteiger partial charge in [0.2, 0.25) is 0 Å². The number of rotatable bonds is 5. The van der Waals surface area contributed by atoms with E-state index in [1.165, 1.54) is 24.5 Å². The van der Waals surface area contributed by atoms with Crippen LogP contribution in [0.4, 0.5) is 14.5 Å². The highest BCUT2D eigenvalue weighted by molar-refractivity contribution is 7.10. The van der Waals surface area contributed by atoms with E-state index in [1.54, 1.807) is 17.4 Å². The minimum atomic E-state index is -2.95. The largest absolute Gasteiger partial charge is 0.322 e. The van der Waals surface area contributed by atoms with Crippen molar-refractivity contribution in [2.75, 3.05) is 11.9 Å². The van der Waals surface area contributed by atoms with Crippen molar-refractivity contribution < 1.29 is 13.6 Å². The lowest BCUT2D eigenvalue weighted by molar-refractivity contribution is 0.0175. The zero-order valence-corrected chi connectivity index (χ0v) is 16.7. The molecule has 0 spiro atoms. The molecule has 0 bridgehead atoms. The van der Waals surface area contributed by atoms with Gasteiger partial charge in [-0.25, -0.2) is 18.7 Å². The van der Waals surface area contributed by atoms with Gasteiger partial charge in [0, 0.05) is 66.0 Å². The van der Waals surface area contributed by atoms with Crippen molar-refractivity contribution in [2.45, 2.75) is 32.4 Å². The van der Waals surface area contributed by atoms with Gasteiger partial charge in [0.25, 0.3) is 11.8 Å². The summed E-state index contributed by atoms with van der Waals surface area (Å²) in [5, 5.41) is 4.62. The Morgan fingerprint density at radius 1 is 1.31 bits per heavy atom. The van der Waals surface area contributed by atoms with Gasteiger partial charge < -0.3 is 5.32 Å². The summed E-state index contributed by atoms with van der Waals surface area (Å²) in [6, 6.07) is 5.82. The van der Waals surface area contributed by atoms with Gasteiger partial charge in [-0.1, -0.05) is 12.1 Å². The van der Waals surface area contributed by atoms with E-state index in [0.717, 1.165) is 49.0 Å². The molecule has 0 saturated heterocycles. The van der Waals surface area contributed by atoms with E-state index in [9.17, 15) is 13.6 Å². The molecule has 3 aromatic rings. The summed E-state index contributed by atoms with van der Waals surface area (Å²) >= 11 is 1.56. The third kappa shape index (κ3) is 4.49. The molecule has 5 nitrogen and oxygen atoms in total. The number of thiophene rings is 1. The first-order valence-corrected chi connectivity index (χ1v) is 10.1. The molecular weight excluding hydrogens is 394 g/mol. The smallest absolute Gasteiger partial charge is 0.270 e. The molecule has 1 amide bonds. The summed E-state index contributed by atoms with van der Waals surface area (Å²) in [6.45, 7) is 3.20. The van der Waals surface area contributed by atoms with Crippen LogP contribution in [0, 0.1) is 0 Å². The number of nitrogens with zero attached hydrogens (tertiary/aromatic N) is 3. The van der Waals surface area contributed by atoms with Crippen LogP contribution in [0.2, 0.25) is 0 Å². The highest BCUT2D eigenvalue weighted by atomic mass is 32.1. The first-order chi connectivity index (χ1) is 13.9. The number of hydrogen-bond acceptors (Lipinski definition) is 5. The Morgan fingerprint density at radius 3 is 2.86 bits per heavy atom. The number of fused-ring (bicyclic) bond motifs is 1. The van der Waals surface area contributed by atoms with Crippen LogP contribution in [0.25, 0.3) is 0 Å². The monoisotopic (exact) mass is 414 g/mol. The number of carbonyl (C=O) groups is 1. The SMILES string of the molecule is CC(F)(F)c1cccc(NC(=O)c2csc3c2CCN(Cc2cncnc2)C3)c1. The maximum atomic E-state index is 13.5. The molecular formula is C21H20F2N4OS. The average Bonchev–Trinajstić information content (AvgIpc) is 3.12. The fourth-order valence-electron chi connectivity index (χ4n) is 3.45. The Balaban J connectivity index is 1.46. The van der Waals surface area contributed by atoms with Crippen LogP contribution in [-0.2, 0) is 25.4 Å². The second-order valence-electron chi connectivity index (χ2n) is 7.18. The zero-order chi connectivity index (χ0) is 20.4. The summed E-state index contributed by atoms with van der Waals surface area (Å²) in [5.74, 6) is -3.21. The van der Waals surface area contributed by atoms with Crippen molar-refractivity contribution in [2.24, 2.45) is 0 Å². The predicted octanol–water partition coefficient (Wildman–Crippen LogP) is 4.46. The van der Waals surface area contributed by atoms with Gasteiger partial charge in [-0.3, -0.25) is 9.69 Å². The average molecular weight is 414 g/mol. The van der Waals surface area contributed by atoms with Crippen molar-refractivity contribution in [1.82, 2.24) is 14.9 Å². The minimum Gasteiger partial charge on any atom is -0.322 e. The molecule has 1 N–H and O–H groups in total. The van der Waals surface area contributed by atoms with Gasteiger partial charge >= 0.3 is 0 Å². The van der Waals surface area contributed by atoms with E-state index in [2.05, 4.69) is 20.2 Å². The quantitative estimate of drug-likeness (QED) is 0.670. The first kappa shape index (κ1) is 19.6. The maximum Gasteiger partial charge on any atom is 0.270 e. The Hall–Kier alpha value is -2.71. The number of hydrogen-bond donors (Lipinski definition) is 1. The summed E-state index contributed by atoms with van der Waals surface area (Å²) in [4.78, 5) is 24.3. The summed E-state index contributed by atoms with van der Waals surface area (Å²) in [6.07, 6.45) is 5.90. The van der Waals surface area contributed by atoms with Crippen molar-refractivity contribution in [3.05, 3.63) is 75.5 Å². The molecule has 3 heterocycles. The molecule has 29 heavy (non-hydrogen) atoms. The molecule has 1 aromatic carbocycles. The molecule has 0 atom stereocenters. The number of amides is 1. The van der Waals surface area contributed by atoms with E-state index in [0.29, 0.717) is 11.3 Å². The zero-order valence-electron chi connectivity index (χ0n) is 15.9. The molecule has 0 saturated carbocycles. The highest BCUT2D eigenvalue weighted by Gasteiger charge is 2.26. The molecule has 0 aliphatic carbocycles. The van der Waals surface area contributed by atoms with Crippen molar-refractivity contribution >= 4 is 22.9 Å². The third-order valence-electron chi connectivity index (χ3n) is 4.92. The summed E-state index contributed by atoms with van der Waals surface area (Å²) in [7, 11) is 0. The van der Waals surface area contributed by atoms with Crippen molar-refractivity contribution in [1.29, 1.82) is 0 Å². The van der Waals surface area contributed by atoms with Crippen LogP contribution < -0.4 is 5.32 Å². The van der Waals surface area contributed by atoms with Gasteiger partial charge in [0.05, 0.1) is 5.56 Å². The Morgan fingerprint density at radius 2 is 2.10 bits per heavy atom. The van der Waals surface area contributed by atoms with Crippen LogP contribution in [-0.4, -0.2) is 27.3 Å². The standard InChI is InChI=1S/C21H20F2N4OS/c1-21(22,23)15-3-2-4-16(7-15)26-20(28)18-12-29-19-11-27(6-5-17(18)19)10-14-8-24-13-25-9-14/h2-4,7-9,12-13H,5-6,10-11H2,1H3,(H,26,28). The van der Waals surface area contributed by atoms with Crippen LogP contribution in [0.15, 0.2) is 48.4 Å². The van der Waals surface area contributed by atoms with Gasteiger partial charge in [-0.05, 0) is 24.1 Å². The minimum absolute atomic E-state index is 0.122. The lowest BCUT2D eigenvalue weighted by Gasteiger charge is -2.27. The fourth-order valence-corrected chi connectivity index (χ4v) is 4.57. The summed E-state index contributed by atoms with van der Waals surface area (Å²) in [5.41, 5.74) is 2.98. The number of alkyl halides is 2. The Bertz CT molecular complexity index is 1020. The van der Waals surface area contributed by atoms with E-state index >= 15 is 0 Å². The van der Waals surface area contributed by atoms with E-state index < -0.39 is 5.92 Å². The van der Waals surface area contributed by atoms with Gasteiger partial charge in [0.15, 0.2) is 0 Å². The van der Waals surface area contributed by atoms with Crippen molar-refractivity contribution in [3.8, 4) is 0 Å². The van der Waals surface area contributed by atoms with E-state index in [1.807, 2.05) is 17.8 Å². The second-order valence-corrected chi connectivity index (χ2v) is 8.15.